The number of benzene rings is 2. The molecular weight excluding hydrogens is 380 g/mol. The van der Waals surface area contributed by atoms with E-state index in [9.17, 15) is 9.59 Å². The summed E-state index contributed by atoms with van der Waals surface area (Å²) in [5.74, 6) is 0.137. The van der Waals surface area contributed by atoms with Crippen molar-refractivity contribution in [1.29, 1.82) is 0 Å². The van der Waals surface area contributed by atoms with E-state index in [4.69, 9.17) is 9.47 Å². The maximum Gasteiger partial charge on any atom is 0.356 e. The number of fused-ring (bicyclic) bond motifs is 1. The van der Waals surface area contributed by atoms with Gasteiger partial charge in [0, 0.05) is 17.3 Å². The van der Waals surface area contributed by atoms with Crippen LogP contribution in [0.2, 0.25) is 0 Å². The van der Waals surface area contributed by atoms with Crippen LogP contribution in [-0.4, -0.2) is 30.6 Å². The molecule has 0 saturated carbocycles. The molecule has 6 nitrogen and oxygen atoms in total. The van der Waals surface area contributed by atoms with Crippen LogP contribution >= 0.6 is 0 Å². The van der Waals surface area contributed by atoms with E-state index in [1.807, 2.05) is 19.1 Å². The van der Waals surface area contributed by atoms with Crippen LogP contribution in [0.5, 0.6) is 5.75 Å². The highest BCUT2D eigenvalue weighted by Crippen LogP contribution is 2.32. The van der Waals surface area contributed by atoms with Gasteiger partial charge in [-0.25, -0.2) is 4.79 Å². The molecule has 1 atom stereocenters. The number of carbonyl (C=O) groups is 2. The molecule has 0 spiro atoms. The Balaban J connectivity index is 1.81. The SMILES string of the molecule is CCOC(=O)c1[nH]c2ccc(OC)cc2c1NC(=O)C[C@H](C)Cc1cccc(C)c1. The average Bonchev–Trinajstić information content (AvgIpc) is 3.05. The third kappa shape index (κ3) is 5.00. The van der Waals surface area contributed by atoms with E-state index in [0.29, 0.717) is 23.2 Å². The van der Waals surface area contributed by atoms with Crippen molar-refractivity contribution in [2.75, 3.05) is 19.0 Å². The molecule has 1 amide bonds. The van der Waals surface area contributed by atoms with Crippen molar-refractivity contribution >= 4 is 28.5 Å². The predicted octanol–water partition coefficient (Wildman–Crippen LogP) is 4.87. The van der Waals surface area contributed by atoms with Crippen LogP contribution in [0.15, 0.2) is 42.5 Å². The van der Waals surface area contributed by atoms with Crippen molar-refractivity contribution in [3.63, 3.8) is 0 Å². The summed E-state index contributed by atoms with van der Waals surface area (Å²) < 4.78 is 10.5. The number of H-pyrrole nitrogens is 1. The first-order valence-electron chi connectivity index (χ1n) is 10.1. The van der Waals surface area contributed by atoms with Gasteiger partial charge in [0.1, 0.15) is 11.4 Å². The van der Waals surface area contributed by atoms with Crippen molar-refractivity contribution in [3.8, 4) is 5.75 Å². The fourth-order valence-corrected chi connectivity index (χ4v) is 3.60. The standard InChI is InChI=1S/C24H28N2O4/c1-5-30-24(28)23-22(19-14-18(29-4)9-10-20(19)25-23)26-21(27)13-16(3)12-17-8-6-7-15(2)11-17/h6-11,14,16,25H,5,12-13H2,1-4H3,(H,26,27)/t16-/m1/s1. The monoisotopic (exact) mass is 408 g/mol. The second kappa shape index (κ2) is 9.48. The van der Waals surface area contributed by atoms with Crippen LogP contribution < -0.4 is 10.1 Å². The summed E-state index contributed by atoms with van der Waals surface area (Å²) in [6, 6.07) is 13.7. The van der Waals surface area contributed by atoms with Crippen LogP contribution in [0.25, 0.3) is 10.9 Å². The molecule has 3 aromatic rings. The van der Waals surface area contributed by atoms with Gasteiger partial charge in [-0.15, -0.1) is 0 Å². The van der Waals surface area contributed by atoms with E-state index in [1.165, 1.54) is 11.1 Å². The van der Waals surface area contributed by atoms with Crippen LogP contribution in [0, 0.1) is 12.8 Å². The molecule has 2 N–H and O–H groups in total. The number of ether oxygens (including phenoxy) is 2. The first-order chi connectivity index (χ1) is 14.4. The lowest BCUT2D eigenvalue weighted by Gasteiger charge is -2.13. The van der Waals surface area contributed by atoms with Gasteiger partial charge in [0.15, 0.2) is 0 Å². The maximum absolute atomic E-state index is 12.8. The molecule has 0 fully saturated rings. The van der Waals surface area contributed by atoms with E-state index in [-0.39, 0.29) is 24.1 Å². The number of amides is 1. The van der Waals surface area contributed by atoms with Gasteiger partial charge in [-0.05, 0) is 49.9 Å². The molecule has 0 unspecified atom stereocenters. The van der Waals surface area contributed by atoms with Gasteiger partial charge in [-0.1, -0.05) is 36.8 Å². The molecule has 0 bridgehead atoms. The highest BCUT2D eigenvalue weighted by atomic mass is 16.5. The van der Waals surface area contributed by atoms with Gasteiger partial charge in [0.25, 0.3) is 0 Å². The zero-order valence-electron chi connectivity index (χ0n) is 17.9. The van der Waals surface area contributed by atoms with Gasteiger partial charge in [-0.3, -0.25) is 4.79 Å². The highest BCUT2D eigenvalue weighted by Gasteiger charge is 2.22. The third-order valence-corrected chi connectivity index (χ3v) is 4.95. The summed E-state index contributed by atoms with van der Waals surface area (Å²) in [7, 11) is 1.57. The minimum absolute atomic E-state index is 0.149. The molecule has 3 rings (SSSR count). The molecule has 1 heterocycles. The molecule has 0 aliphatic heterocycles. The summed E-state index contributed by atoms with van der Waals surface area (Å²) in [5.41, 5.74) is 3.80. The molecular formula is C24H28N2O4. The van der Waals surface area contributed by atoms with E-state index in [2.05, 4.69) is 35.4 Å². The number of esters is 1. The fourth-order valence-electron chi connectivity index (χ4n) is 3.60. The number of aryl methyl sites for hydroxylation is 1. The number of rotatable bonds is 8. The Bertz CT molecular complexity index is 1050. The largest absolute Gasteiger partial charge is 0.497 e. The molecule has 0 saturated heterocycles. The molecule has 0 aliphatic rings. The third-order valence-electron chi connectivity index (χ3n) is 4.95. The Morgan fingerprint density at radius 1 is 1.17 bits per heavy atom. The number of nitrogens with one attached hydrogen (secondary N) is 2. The van der Waals surface area contributed by atoms with Crippen LogP contribution in [0.4, 0.5) is 5.69 Å². The smallest absolute Gasteiger partial charge is 0.356 e. The first kappa shape index (κ1) is 21.4. The molecule has 30 heavy (non-hydrogen) atoms. The summed E-state index contributed by atoms with van der Waals surface area (Å²) in [5, 5.41) is 3.63. The van der Waals surface area contributed by atoms with Crippen molar-refractivity contribution in [1.82, 2.24) is 4.98 Å². The van der Waals surface area contributed by atoms with Crippen LogP contribution in [0.1, 0.15) is 41.9 Å². The summed E-state index contributed by atoms with van der Waals surface area (Å²) in [6.45, 7) is 6.10. The van der Waals surface area contributed by atoms with Crippen LogP contribution in [0.3, 0.4) is 0 Å². The second-order valence-electron chi connectivity index (χ2n) is 7.56. The topological polar surface area (TPSA) is 80.4 Å². The number of anilines is 1. The van der Waals surface area contributed by atoms with E-state index >= 15 is 0 Å². The van der Waals surface area contributed by atoms with E-state index < -0.39 is 5.97 Å². The van der Waals surface area contributed by atoms with Crippen LogP contribution in [-0.2, 0) is 16.0 Å². The number of aromatic amines is 1. The molecule has 6 heteroatoms. The summed E-state index contributed by atoms with van der Waals surface area (Å²) >= 11 is 0. The van der Waals surface area contributed by atoms with Crippen molar-refractivity contribution in [2.45, 2.75) is 33.6 Å². The summed E-state index contributed by atoms with van der Waals surface area (Å²) in [4.78, 5) is 28.3. The van der Waals surface area contributed by atoms with E-state index in [1.54, 1.807) is 26.2 Å². The number of carbonyl (C=O) groups excluding carboxylic acids is 2. The minimum Gasteiger partial charge on any atom is -0.497 e. The fraction of sp³-hybridized carbons (Fsp3) is 0.333. The van der Waals surface area contributed by atoms with Gasteiger partial charge >= 0.3 is 5.97 Å². The van der Waals surface area contributed by atoms with Gasteiger partial charge in [0.2, 0.25) is 5.91 Å². The number of hydrogen-bond donors (Lipinski definition) is 2. The first-order valence-corrected chi connectivity index (χ1v) is 10.1. The van der Waals surface area contributed by atoms with Gasteiger partial charge in [0.05, 0.1) is 19.4 Å². The number of hydrogen-bond acceptors (Lipinski definition) is 4. The lowest BCUT2D eigenvalue weighted by molar-refractivity contribution is -0.116. The number of methoxy groups -OCH3 is 1. The quantitative estimate of drug-likeness (QED) is 0.521. The highest BCUT2D eigenvalue weighted by molar-refractivity contribution is 6.11. The second-order valence-corrected chi connectivity index (χ2v) is 7.56. The Morgan fingerprint density at radius 3 is 2.67 bits per heavy atom. The molecule has 0 aliphatic carbocycles. The normalized spacial score (nSPS) is 11.9. The molecule has 1 aromatic heterocycles. The lowest BCUT2D eigenvalue weighted by atomic mass is 9.97. The van der Waals surface area contributed by atoms with Crippen molar-refractivity contribution < 1.29 is 19.1 Å². The van der Waals surface area contributed by atoms with E-state index in [0.717, 1.165) is 11.9 Å². The predicted molar refractivity (Wildman–Crippen MR) is 118 cm³/mol. The Morgan fingerprint density at radius 2 is 1.97 bits per heavy atom. The average molecular weight is 408 g/mol. The number of aromatic nitrogens is 1. The minimum atomic E-state index is -0.504. The molecule has 0 radical (unpaired) electrons. The maximum atomic E-state index is 12.8. The zero-order chi connectivity index (χ0) is 21.7. The molecule has 2 aromatic carbocycles. The molecule has 158 valence electrons. The van der Waals surface area contributed by atoms with Gasteiger partial charge in [-0.2, -0.15) is 0 Å². The van der Waals surface area contributed by atoms with Crippen molar-refractivity contribution in [3.05, 3.63) is 59.3 Å². The Labute approximate surface area is 176 Å². The summed E-state index contributed by atoms with van der Waals surface area (Å²) in [6.07, 6.45) is 1.15. The lowest BCUT2D eigenvalue weighted by Crippen LogP contribution is -2.18. The van der Waals surface area contributed by atoms with Crippen molar-refractivity contribution in [2.24, 2.45) is 5.92 Å². The zero-order valence-corrected chi connectivity index (χ0v) is 17.9. The van der Waals surface area contributed by atoms with Gasteiger partial charge < -0.3 is 19.8 Å². The Kier molecular flexibility index (Phi) is 6.77. The Hall–Kier alpha value is -3.28.